The molecule has 0 saturated heterocycles. The van der Waals surface area contributed by atoms with Gasteiger partial charge in [0.25, 0.3) is 0 Å². The van der Waals surface area contributed by atoms with Gasteiger partial charge in [-0.3, -0.25) is 4.99 Å². The molecule has 0 atom stereocenters. The Morgan fingerprint density at radius 1 is 1.23 bits per heavy atom. The second-order valence-corrected chi connectivity index (χ2v) is 4.54. The summed E-state index contributed by atoms with van der Waals surface area (Å²) in [5, 5.41) is 12.4. The summed E-state index contributed by atoms with van der Waals surface area (Å²) in [5.41, 5.74) is 7.71. The molecule has 0 aliphatic heterocycles. The summed E-state index contributed by atoms with van der Waals surface area (Å²) in [7, 11) is 1.62. The van der Waals surface area contributed by atoms with Crippen LogP contribution in [0.3, 0.4) is 0 Å². The average molecular weight is 413 g/mol. The van der Waals surface area contributed by atoms with Crippen molar-refractivity contribution in [3.8, 4) is 11.5 Å². The molecule has 118 valence electrons. The van der Waals surface area contributed by atoms with Gasteiger partial charge in [-0.1, -0.05) is 12.1 Å². The molecule has 4 N–H and O–H groups in total. The van der Waals surface area contributed by atoms with Crippen LogP contribution in [0.5, 0.6) is 11.5 Å². The first-order chi connectivity index (χ1) is 10.2. The van der Waals surface area contributed by atoms with Crippen molar-refractivity contribution >= 4 is 35.6 Å². The second kappa shape index (κ2) is 9.14. The van der Waals surface area contributed by atoms with Crippen molar-refractivity contribution in [2.24, 2.45) is 10.7 Å². The van der Waals surface area contributed by atoms with Crippen LogP contribution in [0, 0.1) is 0 Å². The van der Waals surface area contributed by atoms with Crippen molar-refractivity contribution in [3.05, 3.63) is 54.1 Å². The van der Waals surface area contributed by atoms with Crippen molar-refractivity contribution in [1.82, 2.24) is 0 Å². The van der Waals surface area contributed by atoms with Crippen LogP contribution in [0.4, 0.5) is 5.69 Å². The number of rotatable bonds is 5. The fourth-order valence-electron chi connectivity index (χ4n) is 1.88. The maximum absolute atomic E-state index is 9.38. The van der Waals surface area contributed by atoms with Gasteiger partial charge in [-0.25, -0.2) is 0 Å². The van der Waals surface area contributed by atoms with E-state index in [1.54, 1.807) is 19.2 Å². The van der Waals surface area contributed by atoms with Crippen LogP contribution < -0.4 is 15.8 Å². The molecule has 5 nitrogen and oxygen atoms in total. The van der Waals surface area contributed by atoms with E-state index in [1.807, 2.05) is 36.4 Å². The number of phenols is 1. The normalized spacial score (nSPS) is 10.7. The van der Waals surface area contributed by atoms with Gasteiger partial charge in [0.1, 0.15) is 11.5 Å². The predicted molar refractivity (Wildman–Crippen MR) is 100 cm³/mol. The zero-order valence-electron chi connectivity index (χ0n) is 12.3. The summed E-state index contributed by atoms with van der Waals surface area (Å²) in [4.78, 5) is 4.26. The lowest BCUT2D eigenvalue weighted by Gasteiger charge is -2.06. The molecule has 0 saturated carbocycles. The third kappa shape index (κ3) is 5.80. The fourth-order valence-corrected chi connectivity index (χ4v) is 1.88. The number of hydrogen-bond acceptors (Lipinski definition) is 3. The number of ether oxygens (including phenoxy) is 1. The van der Waals surface area contributed by atoms with Gasteiger partial charge in [-0.2, -0.15) is 0 Å². The smallest absolute Gasteiger partial charge is 0.193 e. The number of nitrogens with two attached hydrogens (primary N) is 1. The number of halogens is 1. The van der Waals surface area contributed by atoms with Crippen LogP contribution in [-0.4, -0.2) is 24.7 Å². The Morgan fingerprint density at radius 2 is 1.95 bits per heavy atom. The third-order valence-electron chi connectivity index (χ3n) is 2.96. The maximum Gasteiger partial charge on any atom is 0.193 e. The van der Waals surface area contributed by atoms with Crippen LogP contribution >= 0.6 is 24.0 Å². The Morgan fingerprint density at radius 3 is 2.59 bits per heavy atom. The van der Waals surface area contributed by atoms with Gasteiger partial charge in [-0.15, -0.1) is 24.0 Å². The first-order valence-electron chi connectivity index (χ1n) is 6.66. The zero-order valence-corrected chi connectivity index (χ0v) is 14.7. The molecule has 0 heterocycles. The second-order valence-electron chi connectivity index (χ2n) is 4.54. The fraction of sp³-hybridized carbons (Fsp3) is 0.188. The van der Waals surface area contributed by atoms with Gasteiger partial charge in [-0.05, 0) is 48.4 Å². The third-order valence-corrected chi connectivity index (χ3v) is 2.96. The number of aromatic hydroxyl groups is 1. The summed E-state index contributed by atoms with van der Waals surface area (Å²) < 4.78 is 5.09. The predicted octanol–water partition coefficient (Wildman–Crippen LogP) is 2.99. The highest BCUT2D eigenvalue weighted by Crippen LogP contribution is 2.14. The van der Waals surface area contributed by atoms with E-state index in [0.717, 1.165) is 23.4 Å². The van der Waals surface area contributed by atoms with Crippen LogP contribution in [0.15, 0.2) is 53.5 Å². The van der Waals surface area contributed by atoms with Gasteiger partial charge in [0.15, 0.2) is 5.96 Å². The van der Waals surface area contributed by atoms with E-state index in [1.165, 1.54) is 0 Å². The van der Waals surface area contributed by atoms with Crippen LogP contribution in [-0.2, 0) is 6.42 Å². The lowest BCUT2D eigenvalue weighted by atomic mass is 10.1. The molecule has 2 rings (SSSR count). The average Bonchev–Trinajstić information content (AvgIpc) is 2.48. The summed E-state index contributed by atoms with van der Waals surface area (Å²) in [6.07, 6.45) is 0.722. The molecule has 0 aliphatic carbocycles. The van der Waals surface area contributed by atoms with Crippen molar-refractivity contribution < 1.29 is 9.84 Å². The highest BCUT2D eigenvalue weighted by Gasteiger charge is 1.97. The molecule has 0 amide bonds. The molecule has 22 heavy (non-hydrogen) atoms. The van der Waals surface area contributed by atoms with E-state index in [0.29, 0.717) is 12.5 Å². The van der Waals surface area contributed by atoms with E-state index in [4.69, 9.17) is 10.5 Å². The van der Waals surface area contributed by atoms with Gasteiger partial charge in [0.05, 0.1) is 7.11 Å². The molecular weight excluding hydrogens is 393 g/mol. The molecule has 0 aliphatic rings. The first kappa shape index (κ1) is 18.1. The molecule has 0 fully saturated rings. The van der Waals surface area contributed by atoms with Crippen LogP contribution in [0.25, 0.3) is 0 Å². The monoisotopic (exact) mass is 413 g/mol. The van der Waals surface area contributed by atoms with E-state index in [-0.39, 0.29) is 29.7 Å². The zero-order chi connectivity index (χ0) is 15.1. The van der Waals surface area contributed by atoms with E-state index in [9.17, 15) is 5.11 Å². The number of guanidine groups is 1. The minimum Gasteiger partial charge on any atom is -0.508 e. The van der Waals surface area contributed by atoms with E-state index >= 15 is 0 Å². The Bertz CT molecular complexity index is 615. The Balaban J connectivity index is 0.00000242. The molecule has 2 aromatic carbocycles. The number of aliphatic imine (C=N–C) groups is 1. The standard InChI is InChI=1S/C16H19N3O2.HI/c1-21-15-7-5-13(6-8-15)19-16(17)18-10-9-12-3-2-4-14(20)11-12;/h2-8,11,20H,9-10H2,1H3,(H3,17,18,19);1H. The Hall–Kier alpha value is -1.96. The summed E-state index contributed by atoms with van der Waals surface area (Å²) >= 11 is 0. The lowest BCUT2D eigenvalue weighted by molar-refractivity contribution is 0.415. The van der Waals surface area contributed by atoms with Gasteiger partial charge >= 0.3 is 0 Å². The Kier molecular flexibility index (Phi) is 7.51. The summed E-state index contributed by atoms with van der Waals surface area (Å²) in [6.45, 7) is 0.554. The highest BCUT2D eigenvalue weighted by atomic mass is 127. The molecule has 0 radical (unpaired) electrons. The van der Waals surface area contributed by atoms with Crippen LogP contribution in [0.2, 0.25) is 0 Å². The minimum absolute atomic E-state index is 0. The molecule has 0 unspecified atom stereocenters. The number of benzene rings is 2. The summed E-state index contributed by atoms with van der Waals surface area (Å²) in [5.74, 6) is 1.42. The molecule has 0 spiro atoms. The van der Waals surface area contributed by atoms with Crippen LogP contribution in [0.1, 0.15) is 5.56 Å². The van der Waals surface area contributed by atoms with Gasteiger partial charge < -0.3 is 20.9 Å². The Labute approximate surface area is 147 Å². The quantitative estimate of drug-likeness (QED) is 0.400. The topological polar surface area (TPSA) is 79.9 Å². The SMILES string of the molecule is COc1ccc(NC(N)=NCCc2cccc(O)c2)cc1.I. The van der Waals surface area contributed by atoms with E-state index < -0.39 is 0 Å². The van der Waals surface area contributed by atoms with E-state index in [2.05, 4.69) is 10.3 Å². The van der Waals surface area contributed by atoms with Crippen molar-refractivity contribution in [2.75, 3.05) is 19.0 Å². The number of methoxy groups -OCH3 is 1. The van der Waals surface area contributed by atoms with Crippen molar-refractivity contribution in [1.29, 1.82) is 0 Å². The van der Waals surface area contributed by atoms with Crippen molar-refractivity contribution in [3.63, 3.8) is 0 Å². The number of phenolic OH excluding ortho intramolecular Hbond substituents is 1. The van der Waals surface area contributed by atoms with Gasteiger partial charge in [0.2, 0.25) is 0 Å². The number of nitrogens with zero attached hydrogens (tertiary/aromatic N) is 1. The minimum atomic E-state index is 0. The van der Waals surface area contributed by atoms with Crippen molar-refractivity contribution in [2.45, 2.75) is 6.42 Å². The maximum atomic E-state index is 9.38. The highest BCUT2D eigenvalue weighted by molar-refractivity contribution is 14.0. The largest absolute Gasteiger partial charge is 0.508 e. The van der Waals surface area contributed by atoms with Gasteiger partial charge in [0, 0.05) is 12.2 Å². The number of hydrogen-bond donors (Lipinski definition) is 3. The summed E-state index contributed by atoms with van der Waals surface area (Å²) in [6, 6.07) is 14.6. The molecule has 2 aromatic rings. The molecule has 0 bridgehead atoms. The molecular formula is C16H20IN3O2. The molecule has 0 aromatic heterocycles. The molecule has 6 heteroatoms. The number of anilines is 1. The number of nitrogens with one attached hydrogen (secondary N) is 1. The lowest BCUT2D eigenvalue weighted by Crippen LogP contribution is -2.23. The first-order valence-corrected chi connectivity index (χ1v) is 6.66.